The lowest BCUT2D eigenvalue weighted by atomic mass is 9.96. The predicted octanol–water partition coefficient (Wildman–Crippen LogP) is -0.160. The lowest BCUT2D eigenvalue weighted by Gasteiger charge is -2.32. The Kier molecular flexibility index (Phi) is 6.28. The minimum absolute atomic E-state index is 0.205. The number of likely N-dealkylation sites (N-methyl/N-ethyl adjacent to an activating group) is 2. The van der Waals surface area contributed by atoms with Gasteiger partial charge in [0.1, 0.15) is 0 Å². The van der Waals surface area contributed by atoms with Crippen LogP contribution in [0.3, 0.4) is 0 Å². The second-order valence-electron chi connectivity index (χ2n) is 5.14. The topological polar surface area (TPSA) is 38.7 Å². The van der Waals surface area contributed by atoms with Crippen molar-refractivity contribution in [1.29, 1.82) is 0 Å². The highest BCUT2D eigenvalue weighted by Gasteiger charge is 2.19. The van der Waals surface area contributed by atoms with Crippen LogP contribution in [0.5, 0.6) is 0 Å². The summed E-state index contributed by atoms with van der Waals surface area (Å²) < 4.78 is 0. The normalized spacial score (nSPS) is 21.6. The van der Waals surface area contributed by atoms with E-state index in [1.54, 1.807) is 0 Å². The van der Waals surface area contributed by atoms with E-state index in [2.05, 4.69) is 29.2 Å². The van der Waals surface area contributed by atoms with E-state index < -0.39 is 0 Å². The Hall–Kier alpha value is -0.160. The molecular weight excluding hydrogens is 202 g/mol. The number of hydrogen-bond acceptors (Lipinski definition) is 4. The van der Waals surface area contributed by atoms with Crippen molar-refractivity contribution in [2.75, 3.05) is 53.9 Å². The zero-order chi connectivity index (χ0) is 12.0. The highest BCUT2D eigenvalue weighted by molar-refractivity contribution is 4.74. The van der Waals surface area contributed by atoms with Crippen molar-refractivity contribution in [3.63, 3.8) is 0 Å². The molecule has 0 aromatic carbocycles. The molecular formula is C12H27N3O. The predicted molar refractivity (Wildman–Crippen MR) is 67.7 cm³/mol. The standard InChI is InChI=1S/C12H27N3O/c1-13-12(10-16)9-15(3)8-11-4-6-14(2)7-5-11/h11-13,16H,4-10H2,1-3H3. The van der Waals surface area contributed by atoms with E-state index in [0.29, 0.717) is 0 Å². The molecule has 0 saturated carbocycles. The maximum Gasteiger partial charge on any atom is 0.0597 e. The first kappa shape index (κ1) is 13.9. The molecule has 0 radical (unpaired) electrons. The highest BCUT2D eigenvalue weighted by atomic mass is 16.3. The Morgan fingerprint density at radius 3 is 2.56 bits per heavy atom. The summed E-state index contributed by atoms with van der Waals surface area (Å²) in [5, 5.41) is 12.2. The lowest BCUT2D eigenvalue weighted by molar-refractivity contribution is 0.155. The fraction of sp³-hybridized carbons (Fsp3) is 1.00. The van der Waals surface area contributed by atoms with E-state index in [9.17, 15) is 0 Å². The molecule has 2 N–H and O–H groups in total. The number of hydrogen-bond donors (Lipinski definition) is 2. The molecule has 1 rings (SSSR count). The van der Waals surface area contributed by atoms with Gasteiger partial charge in [-0.2, -0.15) is 0 Å². The number of rotatable bonds is 6. The van der Waals surface area contributed by atoms with Gasteiger partial charge in [-0.3, -0.25) is 0 Å². The summed E-state index contributed by atoms with van der Waals surface area (Å²) in [7, 11) is 6.26. The zero-order valence-corrected chi connectivity index (χ0v) is 10.9. The van der Waals surface area contributed by atoms with Gasteiger partial charge in [-0.15, -0.1) is 0 Å². The Morgan fingerprint density at radius 2 is 2.06 bits per heavy atom. The lowest BCUT2D eigenvalue weighted by Crippen LogP contribution is -2.43. The third-order valence-corrected chi connectivity index (χ3v) is 3.57. The van der Waals surface area contributed by atoms with Gasteiger partial charge in [-0.05, 0) is 53.0 Å². The quantitative estimate of drug-likeness (QED) is 0.664. The van der Waals surface area contributed by atoms with Crippen molar-refractivity contribution in [2.24, 2.45) is 5.92 Å². The van der Waals surface area contributed by atoms with Gasteiger partial charge in [0, 0.05) is 19.1 Å². The zero-order valence-electron chi connectivity index (χ0n) is 10.9. The van der Waals surface area contributed by atoms with E-state index in [1.807, 2.05) is 7.05 Å². The highest BCUT2D eigenvalue weighted by Crippen LogP contribution is 2.16. The van der Waals surface area contributed by atoms with Crippen LogP contribution in [0.15, 0.2) is 0 Å². The largest absolute Gasteiger partial charge is 0.395 e. The summed E-state index contributed by atoms with van der Waals surface area (Å²) >= 11 is 0. The SMILES string of the molecule is CNC(CO)CN(C)CC1CCN(C)CC1. The van der Waals surface area contributed by atoms with Crippen LogP contribution >= 0.6 is 0 Å². The molecule has 4 heteroatoms. The van der Waals surface area contributed by atoms with E-state index >= 15 is 0 Å². The minimum Gasteiger partial charge on any atom is -0.395 e. The van der Waals surface area contributed by atoms with Crippen molar-refractivity contribution in [2.45, 2.75) is 18.9 Å². The molecule has 96 valence electrons. The van der Waals surface area contributed by atoms with Crippen molar-refractivity contribution in [3.05, 3.63) is 0 Å². The molecule has 1 aliphatic heterocycles. The molecule has 1 unspecified atom stereocenters. The average Bonchev–Trinajstić information content (AvgIpc) is 2.29. The number of likely N-dealkylation sites (tertiary alicyclic amines) is 1. The maximum atomic E-state index is 9.12. The molecule has 0 bridgehead atoms. The minimum atomic E-state index is 0.205. The molecule has 0 aromatic rings. The first-order chi connectivity index (χ1) is 7.65. The Morgan fingerprint density at radius 1 is 1.44 bits per heavy atom. The third kappa shape index (κ3) is 4.78. The monoisotopic (exact) mass is 229 g/mol. The van der Waals surface area contributed by atoms with Crippen LogP contribution in [-0.2, 0) is 0 Å². The Balaban J connectivity index is 2.20. The third-order valence-electron chi connectivity index (χ3n) is 3.57. The molecule has 1 atom stereocenters. The van der Waals surface area contributed by atoms with E-state index in [1.165, 1.54) is 25.9 Å². The van der Waals surface area contributed by atoms with Gasteiger partial charge >= 0.3 is 0 Å². The van der Waals surface area contributed by atoms with Gasteiger partial charge in [0.2, 0.25) is 0 Å². The molecule has 1 aliphatic rings. The fourth-order valence-electron chi connectivity index (χ4n) is 2.38. The summed E-state index contributed by atoms with van der Waals surface area (Å²) in [6, 6.07) is 0.205. The molecule has 1 fully saturated rings. The van der Waals surface area contributed by atoms with Crippen molar-refractivity contribution in [1.82, 2.24) is 15.1 Å². The molecule has 0 aliphatic carbocycles. The van der Waals surface area contributed by atoms with Gasteiger partial charge in [0.05, 0.1) is 6.61 Å². The summed E-state index contributed by atoms with van der Waals surface area (Å²) in [6.45, 7) is 4.77. The van der Waals surface area contributed by atoms with Gasteiger partial charge in [-0.1, -0.05) is 0 Å². The Bertz CT molecular complexity index is 177. The van der Waals surface area contributed by atoms with Gasteiger partial charge in [0.15, 0.2) is 0 Å². The van der Waals surface area contributed by atoms with Crippen LogP contribution in [0.2, 0.25) is 0 Å². The van der Waals surface area contributed by atoms with E-state index in [0.717, 1.165) is 19.0 Å². The van der Waals surface area contributed by atoms with Crippen LogP contribution in [-0.4, -0.2) is 74.9 Å². The number of nitrogens with zero attached hydrogens (tertiary/aromatic N) is 2. The molecule has 0 aromatic heterocycles. The van der Waals surface area contributed by atoms with Gasteiger partial charge in [0.25, 0.3) is 0 Å². The average molecular weight is 229 g/mol. The van der Waals surface area contributed by atoms with E-state index in [-0.39, 0.29) is 12.6 Å². The molecule has 1 saturated heterocycles. The molecule has 0 spiro atoms. The second-order valence-corrected chi connectivity index (χ2v) is 5.14. The second kappa shape index (κ2) is 7.22. The summed E-state index contributed by atoms with van der Waals surface area (Å²) in [5.41, 5.74) is 0. The van der Waals surface area contributed by atoms with Gasteiger partial charge in [-0.25, -0.2) is 0 Å². The van der Waals surface area contributed by atoms with Gasteiger partial charge < -0.3 is 20.2 Å². The summed E-state index contributed by atoms with van der Waals surface area (Å²) in [5.74, 6) is 0.831. The number of aliphatic hydroxyl groups excluding tert-OH is 1. The fourth-order valence-corrected chi connectivity index (χ4v) is 2.38. The molecule has 4 nitrogen and oxygen atoms in total. The van der Waals surface area contributed by atoms with Crippen molar-refractivity contribution in [3.8, 4) is 0 Å². The van der Waals surface area contributed by atoms with Crippen LogP contribution in [0.4, 0.5) is 0 Å². The van der Waals surface area contributed by atoms with Crippen molar-refractivity contribution < 1.29 is 5.11 Å². The van der Waals surface area contributed by atoms with Crippen LogP contribution in [0.25, 0.3) is 0 Å². The van der Waals surface area contributed by atoms with Crippen LogP contribution < -0.4 is 5.32 Å². The summed E-state index contributed by atoms with van der Waals surface area (Å²) in [6.07, 6.45) is 2.62. The van der Waals surface area contributed by atoms with Crippen molar-refractivity contribution >= 4 is 0 Å². The first-order valence-electron chi connectivity index (χ1n) is 6.31. The smallest absolute Gasteiger partial charge is 0.0597 e. The molecule has 1 heterocycles. The van der Waals surface area contributed by atoms with E-state index in [4.69, 9.17) is 5.11 Å². The Labute approximate surface area is 99.6 Å². The maximum absolute atomic E-state index is 9.12. The first-order valence-corrected chi connectivity index (χ1v) is 6.31. The number of aliphatic hydroxyl groups is 1. The summed E-state index contributed by atoms with van der Waals surface area (Å²) in [4.78, 5) is 4.74. The molecule has 16 heavy (non-hydrogen) atoms. The molecule has 0 amide bonds. The number of piperidine rings is 1. The van der Waals surface area contributed by atoms with Crippen LogP contribution in [0.1, 0.15) is 12.8 Å². The number of nitrogens with one attached hydrogen (secondary N) is 1. The van der Waals surface area contributed by atoms with Crippen LogP contribution in [0, 0.1) is 5.92 Å².